The van der Waals surface area contributed by atoms with Gasteiger partial charge in [-0.15, -0.1) is 0 Å². The number of thioether (sulfide) groups is 1. The Morgan fingerprint density at radius 3 is 2.59 bits per heavy atom. The summed E-state index contributed by atoms with van der Waals surface area (Å²) >= 11 is 6.31. The summed E-state index contributed by atoms with van der Waals surface area (Å²) < 4.78 is 61.9. The Bertz CT molecular complexity index is 1740. The van der Waals surface area contributed by atoms with Gasteiger partial charge in [0.25, 0.3) is 16.0 Å². The lowest BCUT2D eigenvalue weighted by Gasteiger charge is -2.30. The summed E-state index contributed by atoms with van der Waals surface area (Å²) in [7, 11) is -8.00. The zero-order valence-corrected chi connectivity index (χ0v) is 25.3. The fourth-order valence-electron chi connectivity index (χ4n) is 4.79. The minimum absolute atomic E-state index is 0.167. The number of hydrogen-bond acceptors (Lipinski definition) is 8. The number of carbonyl (C=O) groups is 1. The Hall–Kier alpha value is -2.88. The zero-order chi connectivity index (χ0) is 29.4. The van der Waals surface area contributed by atoms with Crippen LogP contribution in [0.1, 0.15) is 25.3 Å². The standard InChI is InChI=1S/C27H28N4O6S4/c1-19-7-6-12-29(17-19)41(36,37)23-11-5-8-20(15-23)25-21(18-31(28-25)22-9-3-2-4-10-22)16-24-26(32)30(27(38)39-24)13-14-40(33,34)35/h2-5,8-11,15-16,18-19H,6-7,12-14,17H2,1H3,(H,33,34,35)/b24-16-. The van der Waals surface area contributed by atoms with E-state index in [1.54, 1.807) is 41.2 Å². The van der Waals surface area contributed by atoms with Gasteiger partial charge in [0.1, 0.15) is 10.0 Å². The van der Waals surface area contributed by atoms with Crippen LogP contribution in [0.25, 0.3) is 23.0 Å². The molecule has 10 nitrogen and oxygen atoms in total. The van der Waals surface area contributed by atoms with E-state index in [-0.39, 0.29) is 26.6 Å². The van der Waals surface area contributed by atoms with Crippen molar-refractivity contribution in [2.75, 3.05) is 25.4 Å². The maximum atomic E-state index is 13.5. The summed E-state index contributed by atoms with van der Waals surface area (Å²) in [6, 6.07) is 16.0. The van der Waals surface area contributed by atoms with Crippen molar-refractivity contribution >= 4 is 60.4 Å². The van der Waals surface area contributed by atoms with Crippen LogP contribution in [-0.2, 0) is 24.9 Å². The van der Waals surface area contributed by atoms with E-state index in [4.69, 9.17) is 21.9 Å². The van der Waals surface area contributed by atoms with Crippen molar-refractivity contribution < 1.29 is 26.2 Å². The van der Waals surface area contributed by atoms with Gasteiger partial charge in [-0.05, 0) is 49.1 Å². The summed E-state index contributed by atoms with van der Waals surface area (Å²) in [5, 5.41) is 4.76. The van der Waals surface area contributed by atoms with E-state index in [0.29, 0.717) is 29.9 Å². The largest absolute Gasteiger partial charge is 0.292 e. The third-order valence-corrected chi connectivity index (χ3v) is 10.8. The lowest BCUT2D eigenvalue weighted by Crippen LogP contribution is -2.39. The summed E-state index contributed by atoms with van der Waals surface area (Å²) in [6.45, 7) is 2.72. The molecule has 0 aliphatic carbocycles. The average molecular weight is 633 g/mol. The molecule has 1 unspecified atom stereocenters. The van der Waals surface area contributed by atoms with Gasteiger partial charge in [-0.1, -0.05) is 61.2 Å². The molecule has 2 saturated heterocycles. The predicted molar refractivity (Wildman–Crippen MR) is 162 cm³/mol. The normalized spacial score (nSPS) is 19.8. The molecule has 0 radical (unpaired) electrons. The number of carbonyl (C=O) groups excluding carboxylic acids is 1. The molecule has 0 bridgehead atoms. The number of amides is 1. The Labute approximate surface area is 248 Å². The van der Waals surface area contributed by atoms with Crippen LogP contribution in [0.3, 0.4) is 0 Å². The molecule has 3 heterocycles. The topological polar surface area (TPSA) is 130 Å². The SMILES string of the molecule is CC1CCCN(S(=O)(=O)c2cccc(-c3nn(-c4ccccc4)cc3/C=C3\SC(=S)N(CCS(=O)(=O)O)C3=O)c2)C1. The number of benzene rings is 2. The van der Waals surface area contributed by atoms with Gasteiger partial charge in [0.15, 0.2) is 0 Å². The Morgan fingerprint density at radius 1 is 1.12 bits per heavy atom. The van der Waals surface area contributed by atoms with Crippen molar-refractivity contribution in [3.63, 3.8) is 0 Å². The van der Waals surface area contributed by atoms with Crippen molar-refractivity contribution in [3.8, 4) is 16.9 Å². The van der Waals surface area contributed by atoms with Gasteiger partial charge in [-0.25, -0.2) is 13.1 Å². The maximum absolute atomic E-state index is 13.5. The van der Waals surface area contributed by atoms with Gasteiger partial charge in [0.2, 0.25) is 10.0 Å². The highest BCUT2D eigenvalue weighted by molar-refractivity contribution is 8.26. The molecule has 216 valence electrons. The minimum atomic E-state index is -4.28. The number of hydrogen-bond donors (Lipinski definition) is 1. The lowest BCUT2D eigenvalue weighted by molar-refractivity contribution is -0.121. The first kappa shape index (κ1) is 29.6. The lowest BCUT2D eigenvalue weighted by atomic mass is 10.0. The number of aromatic nitrogens is 2. The molecule has 2 aliphatic heterocycles. The molecule has 5 rings (SSSR count). The highest BCUT2D eigenvalue weighted by atomic mass is 32.2. The molecular weight excluding hydrogens is 605 g/mol. The van der Waals surface area contributed by atoms with E-state index in [1.807, 2.05) is 37.3 Å². The molecule has 1 amide bonds. The smallest absolute Gasteiger partial charge is 0.266 e. The van der Waals surface area contributed by atoms with E-state index >= 15 is 0 Å². The summed E-state index contributed by atoms with van der Waals surface area (Å²) in [6.07, 6.45) is 5.16. The molecule has 2 aromatic carbocycles. The van der Waals surface area contributed by atoms with Gasteiger partial charge in [0.05, 0.1) is 21.2 Å². The number of thiocarbonyl (C=S) groups is 1. The third kappa shape index (κ3) is 6.63. The van der Waals surface area contributed by atoms with Crippen molar-refractivity contribution in [1.82, 2.24) is 19.0 Å². The first-order valence-corrected chi connectivity index (χ1v) is 17.2. The van der Waals surface area contributed by atoms with Crippen LogP contribution in [0.15, 0.2) is 70.6 Å². The molecule has 14 heteroatoms. The van der Waals surface area contributed by atoms with Crippen LogP contribution in [0, 0.1) is 5.92 Å². The number of rotatable bonds is 8. The molecule has 0 spiro atoms. The second-order valence-electron chi connectivity index (χ2n) is 9.97. The van der Waals surface area contributed by atoms with E-state index in [1.165, 1.54) is 4.31 Å². The predicted octanol–water partition coefficient (Wildman–Crippen LogP) is 4.05. The minimum Gasteiger partial charge on any atom is -0.292 e. The summed E-state index contributed by atoms with van der Waals surface area (Å²) in [5.41, 5.74) is 2.32. The second kappa shape index (κ2) is 11.8. The zero-order valence-electron chi connectivity index (χ0n) is 22.1. The van der Waals surface area contributed by atoms with Gasteiger partial charge >= 0.3 is 0 Å². The van der Waals surface area contributed by atoms with Crippen LogP contribution in [0.2, 0.25) is 0 Å². The fraction of sp³-hybridized carbons (Fsp3) is 0.296. The number of sulfonamides is 1. The second-order valence-corrected chi connectivity index (χ2v) is 15.2. The highest BCUT2D eigenvalue weighted by Gasteiger charge is 2.33. The molecule has 0 saturated carbocycles. The average Bonchev–Trinajstić information content (AvgIpc) is 3.47. The van der Waals surface area contributed by atoms with Crippen molar-refractivity contribution in [3.05, 3.63) is 71.3 Å². The van der Waals surface area contributed by atoms with Crippen LogP contribution in [0.4, 0.5) is 0 Å². The van der Waals surface area contributed by atoms with Gasteiger partial charge in [-0.3, -0.25) is 14.2 Å². The summed E-state index contributed by atoms with van der Waals surface area (Å²) in [5.74, 6) is -0.843. The van der Waals surface area contributed by atoms with Crippen LogP contribution in [0.5, 0.6) is 0 Å². The Kier molecular flexibility index (Phi) is 8.51. The van der Waals surface area contributed by atoms with Crippen LogP contribution >= 0.6 is 24.0 Å². The molecule has 3 aromatic rings. The van der Waals surface area contributed by atoms with Gasteiger partial charge in [-0.2, -0.15) is 17.8 Å². The number of nitrogens with zero attached hydrogens (tertiary/aromatic N) is 4. The van der Waals surface area contributed by atoms with Crippen molar-refractivity contribution in [1.29, 1.82) is 0 Å². The van der Waals surface area contributed by atoms with Gasteiger partial charge < -0.3 is 0 Å². The number of para-hydroxylation sites is 1. The molecule has 1 N–H and O–H groups in total. The van der Waals surface area contributed by atoms with E-state index < -0.39 is 31.8 Å². The molecule has 2 fully saturated rings. The fourth-order valence-corrected chi connectivity index (χ4v) is 8.15. The summed E-state index contributed by atoms with van der Waals surface area (Å²) in [4.78, 5) is 14.7. The molecule has 2 aliphatic rings. The van der Waals surface area contributed by atoms with Crippen molar-refractivity contribution in [2.24, 2.45) is 5.92 Å². The van der Waals surface area contributed by atoms with Crippen LogP contribution < -0.4 is 0 Å². The molecular formula is C27H28N4O6S4. The van der Waals surface area contributed by atoms with E-state index in [2.05, 4.69) is 0 Å². The highest BCUT2D eigenvalue weighted by Crippen LogP contribution is 2.35. The van der Waals surface area contributed by atoms with Crippen LogP contribution in [-0.4, -0.2) is 76.0 Å². The third-order valence-electron chi connectivity index (χ3n) is 6.86. The maximum Gasteiger partial charge on any atom is 0.266 e. The molecule has 1 aromatic heterocycles. The van der Waals surface area contributed by atoms with E-state index in [0.717, 1.165) is 35.2 Å². The van der Waals surface area contributed by atoms with Crippen molar-refractivity contribution in [2.45, 2.75) is 24.7 Å². The number of piperidine rings is 1. The van der Waals surface area contributed by atoms with E-state index in [9.17, 15) is 21.6 Å². The Morgan fingerprint density at radius 2 is 1.88 bits per heavy atom. The quantitative estimate of drug-likeness (QED) is 0.222. The monoisotopic (exact) mass is 632 g/mol. The first-order chi connectivity index (χ1) is 19.4. The molecule has 1 atom stereocenters. The first-order valence-electron chi connectivity index (χ1n) is 12.9. The molecule has 41 heavy (non-hydrogen) atoms. The Balaban J connectivity index is 1.54. The van der Waals surface area contributed by atoms with Gasteiger partial charge in [0, 0.05) is 37.0 Å².